The molecular formula is C16H21BrN2O2. The zero-order chi connectivity index (χ0) is 14.8. The summed E-state index contributed by atoms with van der Waals surface area (Å²) in [5.41, 5.74) is 7.04. The van der Waals surface area contributed by atoms with Gasteiger partial charge in [0.15, 0.2) is 0 Å². The van der Waals surface area contributed by atoms with Crippen molar-refractivity contribution in [2.45, 2.75) is 31.4 Å². The summed E-state index contributed by atoms with van der Waals surface area (Å²) in [5, 5.41) is 0. The van der Waals surface area contributed by atoms with Crippen LogP contribution in [0.5, 0.6) is 0 Å². The molecule has 1 aliphatic heterocycles. The lowest BCUT2D eigenvalue weighted by Gasteiger charge is -2.35. The average molecular weight is 353 g/mol. The van der Waals surface area contributed by atoms with Gasteiger partial charge in [-0.25, -0.2) is 0 Å². The van der Waals surface area contributed by atoms with Crippen LogP contribution in [0.2, 0.25) is 0 Å². The number of benzene rings is 1. The third-order valence-corrected chi connectivity index (χ3v) is 5.17. The minimum absolute atomic E-state index is 0.0478. The Balaban J connectivity index is 1.68. The fraction of sp³-hybridized carbons (Fsp3) is 0.562. The van der Waals surface area contributed by atoms with Gasteiger partial charge < -0.3 is 15.4 Å². The molecule has 0 bridgehead atoms. The molecule has 3 atom stereocenters. The van der Waals surface area contributed by atoms with Crippen molar-refractivity contribution < 1.29 is 9.53 Å². The van der Waals surface area contributed by atoms with Gasteiger partial charge in [-0.15, -0.1) is 0 Å². The van der Waals surface area contributed by atoms with Crippen LogP contribution in [-0.4, -0.2) is 36.5 Å². The van der Waals surface area contributed by atoms with E-state index >= 15 is 0 Å². The van der Waals surface area contributed by atoms with E-state index in [1.54, 1.807) is 0 Å². The van der Waals surface area contributed by atoms with E-state index in [0.29, 0.717) is 19.7 Å². The molecule has 0 unspecified atom stereocenters. The maximum atomic E-state index is 12.6. The third-order valence-electron chi connectivity index (χ3n) is 4.45. The monoisotopic (exact) mass is 352 g/mol. The van der Waals surface area contributed by atoms with Crippen molar-refractivity contribution in [2.75, 3.05) is 19.7 Å². The van der Waals surface area contributed by atoms with Crippen LogP contribution in [0.4, 0.5) is 0 Å². The molecular weight excluding hydrogens is 332 g/mol. The summed E-state index contributed by atoms with van der Waals surface area (Å²) in [6.45, 7) is 1.91. The van der Waals surface area contributed by atoms with Crippen molar-refractivity contribution in [3.63, 3.8) is 0 Å². The van der Waals surface area contributed by atoms with Crippen LogP contribution in [-0.2, 0) is 9.53 Å². The summed E-state index contributed by atoms with van der Waals surface area (Å²) < 4.78 is 6.89. The topological polar surface area (TPSA) is 55.6 Å². The Morgan fingerprint density at radius 3 is 2.86 bits per heavy atom. The van der Waals surface area contributed by atoms with E-state index in [9.17, 15) is 4.79 Å². The maximum Gasteiger partial charge on any atom is 0.225 e. The number of morpholine rings is 1. The van der Waals surface area contributed by atoms with Crippen molar-refractivity contribution in [1.82, 2.24) is 4.90 Å². The Hall–Kier alpha value is -0.910. The molecule has 0 radical (unpaired) electrons. The van der Waals surface area contributed by atoms with E-state index in [4.69, 9.17) is 10.5 Å². The van der Waals surface area contributed by atoms with Gasteiger partial charge in [0, 0.05) is 23.0 Å². The van der Waals surface area contributed by atoms with Gasteiger partial charge >= 0.3 is 0 Å². The highest BCUT2D eigenvalue weighted by atomic mass is 79.9. The number of hydrogen-bond acceptors (Lipinski definition) is 3. The summed E-state index contributed by atoms with van der Waals surface area (Å²) in [6, 6.07) is 8.24. The number of carbonyl (C=O) groups excluding carboxylic acids is 1. The second kappa shape index (κ2) is 6.46. The van der Waals surface area contributed by atoms with Gasteiger partial charge in [-0.2, -0.15) is 0 Å². The Bertz CT molecular complexity index is 523. The fourth-order valence-corrected chi connectivity index (χ4v) is 3.81. The molecule has 4 nitrogen and oxygen atoms in total. The van der Waals surface area contributed by atoms with Crippen LogP contribution in [0.15, 0.2) is 28.7 Å². The highest BCUT2D eigenvalue weighted by Crippen LogP contribution is 2.31. The summed E-state index contributed by atoms with van der Waals surface area (Å²) in [7, 11) is 0. The lowest BCUT2D eigenvalue weighted by molar-refractivity contribution is -0.143. The number of ether oxygens (including phenoxy) is 1. The predicted molar refractivity (Wildman–Crippen MR) is 84.7 cm³/mol. The predicted octanol–water partition coefficient (Wildman–Crippen LogP) is 2.48. The normalized spacial score (nSPS) is 29.6. The summed E-state index contributed by atoms with van der Waals surface area (Å²) >= 11 is 3.56. The van der Waals surface area contributed by atoms with Crippen molar-refractivity contribution in [3.05, 3.63) is 34.3 Å². The molecule has 2 N–H and O–H groups in total. The molecule has 1 saturated carbocycles. The lowest BCUT2D eigenvalue weighted by Crippen LogP contribution is -2.44. The van der Waals surface area contributed by atoms with Gasteiger partial charge in [-0.1, -0.05) is 34.1 Å². The summed E-state index contributed by atoms with van der Waals surface area (Å²) in [5.74, 6) is 0.362. The Labute approximate surface area is 133 Å². The Morgan fingerprint density at radius 1 is 1.33 bits per heavy atom. The summed E-state index contributed by atoms with van der Waals surface area (Å²) in [6.07, 6.45) is 2.68. The van der Waals surface area contributed by atoms with Crippen LogP contribution >= 0.6 is 15.9 Å². The molecule has 3 rings (SSSR count). The molecule has 1 aliphatic carbocycles. The zero-order valence-corrected chi connectivity index (χ0v) is 13.6. The molecule has 1 aromatic carbocycles. The van der Waals surface area contributed by atoms with Gasteiger partial charge in [-0.3, -0.25) is 4.79 Å². The molecule has 0 spiro atoms. The number of nitrogens with two attached hydrogens (primary N) is 1. The minimum atomic E-state index is -0.0478. The first kappa shape index (κ1) is 15.0. The smallest absolute Gasteiger partial charge is 0.225 e. The van der Waals surface area contributed by atoms with Crippen molar-refractivity contribution in [2.24, 2.45) is 11.7 Å². The molecule has 2 aliphatic rings. The molecule has 5 heteroatoms. The van der Waals surface area contributed by atoms with Crippen LogP contribution in [0.3, 0.4) is 0 Å². The average Bonchev–Trinajstić information content (AvgIpc) is 2.94. The van der Waals surface area contributed by atoms with Gasteiger partial charge in [0.1, 0.15) is 6.10 Å². The quantitative estimate of drug-likeness (QED) is 0.889. The van der Waals surface area contributed by atoms with Gasteiger partial charge in [0.05, 0.1) is 13.2 Å². The molecule has 1 heterocycles. The highest BCUT2D eigenvalue weighted by Gasteiger charge is 2.34. The first-order valence-electron chi connectivity index (χ1n) is 7.55. The van der Waals surface area contributed by atoms with E-state index in [2.05, 4.69) is 15.9 Å². The van der Waals surface area contributed by atoms with Gasteiger partial charge in [0.2, 0.25) is 5.91 Å². The zero-order valence-electron chi connectivity index (χ0n) is 12.0. The van der Waals surface area contributed by atoms with E-state index in [0.717, 1.165) is 29.3 Å². The van der Waals surface area contributed by atoms with E-state index < -0.39 is 0 Å². The summed E-state index contributed by atoms with van der Waals surface area (Å²) in [4.78, 5) is 14.6. The van der Waals surface area contributed by atoms with E-state index in [1.165, 1.54) is 0 Å². The number of halogens is 1. The number of rotatable bonds is 2. The Kier molecular flexibility index (Phi) is 4.62. The lowest BCUT2D eigenvalue weighted by atomic mass is 10.0. The molecule has 1 aromatic rings. The van der Waals surface area contributed by atoms with Gasteiger partial charge in [-0.05, 0) is 30.9 Å². The highest BCUT2D eigenvalue weighted by molar-refractivity contribution is 9.10. The maximum absolute atomic E-state index is 12.6. The second-order valence-corrected chi connectivity index (χ2v) is 6.79. The van der Waals surface area contributed by atoms with Crippen molar-refractivity contribution >= 4 is 21.8 Å². The largest absolute Gasteiger partial charge is 0.370 e. The van der Waals surface area contributed by atoms with Crippen LogP contribution in [0, 0.1) is 5.92 Å². The van der Waals surface area contributed by atoms with Crippen molar-refractivity contribution in [1.29, 1.82) is 0 Å². The number of amides is 1. The molecule has 21 heavy (non-hydrogen) atoms. The fourth-order valence-electron chi connectivity index (χ4n) is 3.27. The van der Waals surface area contributed by atoms with E-state index in [-0.39, 0.29) is 24.0 Å². The number of hydrogen-bond donors (Lipinski definition) is 1. The van der Waals surface area contributed by atoms with Crippen LogP contribution < -0.4 is 5.73 Å². The molecule has 1 amide bonds. The van der Waals surface area contributed by atoms with Gasteiger partial charge in [0.25, 0.3) is 0 Å². The Morgan fingerprint density at radius 2 is 2.14 bits per heavy atom. The first-order valence-corrected chi connectivity index (χ1v) is 8.35. The van der Waals surface area contributed by atoms with Crippen molar-refractivity contribution in [3.8, 4) is 0 Å². The second-order valence-electron chi connectivity index (χ2n) is 5.94. The first-order chi connectivity index (χ1) is 10.1. The third kappa shape index (κ3) is 3.30. The molecule has 114 valence electrons. The number of nitrogens with zero attached hydrogens (tertiary/aromatic N) is 1. The molecule has 2 fully saturated rings. The minimum Gasteiger partial charge on any atom is -0.370 e. The SMILES string of the molecule is N[C@@H]1CC[C@H](C(=O)N2CCO[C@@H](c3ccccc3Br)C2)C1. The van der Waals surface area contributed by atoms with Crippen LogP contribution in [0.1, 0.15) is 30.9 Å². The van der Waals surface area contributed by atoms with Crippen LogP contribution in [0.25, 0.3) is 0 Å². The number of carbonyl (C=O) groups is 1. The standard InChI is InChI=1S/C16H21BrN2O2/c17-14-4-2-1-3-13(14)15-10-19(7-8-21-15)16(20)11-5-6-12(18)9-11/h1-4,11-12,15H,5-10,18H2/t11-,12+,15+/m0/s1. The molecule has 1 saturated heterocycles. The van der Waals surface area contributed by atoms with E-state index in [1.807, 2.05) is 29.2 Å². The molecule has 0 aromatic heterocycles.